The van der Waals surface area contributed by atoms with E-state index in [0.717, 1.165) is 18.4 Å². The van der Waals surface area contributed by atoms with Crippen LogP contribution in [0.3, 0.4) is 0 Å². The summed E-state index contributed by atoms with van der Waals surface area (Å²) >= 11 is 0. The third kappa shape index (κ3) is 5.13. The van der Waals surface area contributed by atoms with Gasteiger partial charge in [-0.05, 0) is 50.7 Å². The van der Waals surface area contributed by atoms with Gasteiger partial charge in [-0.2, -0.15) is 0 Å². The van der Waals surface area contributed by atoms with E-state index in [2.05, 4.69) is 10.3 Å². The zero-order valence-corrected chi connectivity index (χ0v) is 17.5. The number of hydrogen-bond acceptors (Lipinski definition) is 6. The van der Waals surface area contributed by atoms with Crippen molar-refractivity contribution in [3.63, 3.8) is 0 Å². The van der Waals surface area contributed by atoms with Gasteiger partial charge in [0, 0.05) is 43.4 Å². The Morgan fingerprint density at radius 2 is 1.87 bits per heavy atom. The van der Waals surface area contributed by atoms with E-state index in [0.29, 0.717) is 44.0 Å². The number of aromatic nitrogens is 1. The molecule has 164 valence electrons. The molecule has 0 spiro atoms. The Kier molecular flexibility index (Phi) is 6.64. The summed E-state index contributed by atoms with van der Waals surface area (Å²) in [5.74, 6) is 0.522. The normalized spacial score (nSPS) is 17.5. The highest BCUT2D eigenvalue weighted by Gasteiger charge is 2.28. The fourth-order valence-corrected chi connectivity index (χ4v) is 4.42. The molecule has 1 aliphatic carbocycles. The minimum atomic E-state index is -0.354. The summed E-state index contributed by atoms with van der Waals surface area (Å²) in [4.78, 5) is 30.0. The molecule has 31 heavy (non-hydrogen) atoms. The van der Waals surface area contributed by atoms with E-state index in [1.165, 1.54) is 18.9 Å². The number of carbonyl (C=O) groups is 1. The smallest absolute Gasteiger partial charge is 0.292 e. The van der Waals surface area contributed by atoms with E-state index in [1.54, 1.807) is 24.4 Å². The molecule has 0 radical (unpaired) electrons. The van der Waals surface area contributed by atoms with Crippen molar-refractivity contribution in [2.24, 2.45) is 5.92 Å². The lowest BCUT2D eigenvalue weighted by Gasteiger charge is -2.32. The van der Waals surface area contributed by atoms with Crippen LogP contribution in [0.25, 0.3) is 0 Å². The molecule has 2 heterocycles. The largest absolute Gasteiger partial charge is 0.474 e. The quantitative estimate of drug-likeness (QED) is 0.536. The van der Waals surface area contributed by atoms with Crippen LogP contribution in [0.15, 0.2) is 42.6 Å². The van der Waals surface area contributed by atoms with E-state index in [9.17, 15) is 14.9 Å². The molecular weight excluding hydrogens is 396 g/mol. The molecule has 8 nitrogen and oxygen atoms in total. The molecule has 1 aromatic heterocycles. The SMILES string of the molecule is O=C(NCc1cccnc1OC1CCCC1)C1CCN(c2ccccc2[N+](=O)[O-])CC1. The molecule has 4 rings (SSSR count). The highest BCUT2D eigenvalue weighted by atomic mass is 16.6. The Hall–Kier alpha value is -3.16. The topological polar surface area (TPSA) is 97.6 Å². The molecular formula is C23H28N4O4. The predicted molar refractivity (Wildman–Crippen MR) is 117 cm³/mol. The monoisotopic (exact) mass is 424 g/mol. The second kappa shape index (κ2) is 9.76. The molecule has 0 unspecified atom stereocenters. The first kappa shape index (κ1) is 21.1. The zero-order valence-electron chi connectivity index (χ0n) is 17.5. The highest BCUT2D eigenvalue weighted by Crippen LogP contribution is 2.31. The molecule has 1 saturated heterocycles. The van der Waals surface area contributed by atoms with Crippen LogP contribution in [-0.2, 0) is 11.3 Å². The van der Waals surface area contributed by atoms with Crippen LogP contribution < -0.4 is 15.0 Å². The molecule has 1 N–H and O–H groups in total. The van der Waals surface area contributed by atoms with E-state index >= 15 is 0 Å². The first-order valence-corrected chi connectivity index (χ1v) is 11.0. The van der Waals surface area contributed by atoms with E-state index < -0.39 is 0 Å². The van der Waals surface area contributed by atoms with E-state index in [1.807, 2.05) is 17.0 Å². The second-order valence-electron chi connectivity index (χ2n) is 8.22. The molecule has 8 heteroatoms. The van der Waals surface area contributed by atoms with Gasteiger partial charge in [-0.3, -0.25) is 14.9 Å². The fourth-order valence-electron chi connectivity index (χ4n) is 4.42. The molecule has 0 bridgehead atoms. The van der Waals surface area contributed by atoms with Gasteiger partial charge in [0.15, 0.2) is 0 Å². The summed E-state index contributed by atoms with van der Waals surface area (Å²) in [6, 6.07) is 10.6. The number of nitro groups is 1. The van der Waals surface area contributed by atoms with Crippen LogP contribution in [0.4, 0.5) is 11.4 Å². The number of para-hydroxylation sites is 2. The number of nitrogens with one attached hydrogen (secondary N) is 1. The lowest BCUT2D eigenvalue weighted by Crippen LogP contribution is -2.40. The van der Waals surface area contributed by atoms with Gasteiger partial charge in [-0.1, -0.05) is 18.2 Å². The Morgan fingerprint density at radius 1 is 1.13 bits per heavy atom. The summed E-state index contributed by atoms with van der Waals surface area (Å²) in [5, 5.41) is 14.3. The van der Waals surface area contributed by atoms with Crippen LogP contribution in [0.2, 0.25) is 0 Å². The number of nitrogens with zero attached hydrogens (tertiary/aromatic N) is 3. The molecule has 1 aromatic carbocycles. The number of benzene rings is 1. The molecule has 1 amide bonds. The first-order chi connectivity index (χ1) is 15.1. The second-order valence-corrected chi connectivity index (χ2v) is 8.22. The first-order valence-electron chi connectivity index (χ1n) is 11.0. The molecule has 2 fully saturated rings. The Balaban J connectivity index is 1.31. The Morgan fingerprint density at radius 3 is 2.61 bits per heavy atom. The minimum absolute atomic E-state index is 0.0119. The van der Waals surface area contributed by atoms with Gasteiger partial charge < -0.3 is 15.0 Å². The van der Waals surface area contributed by atoms with E-state index in [4.69, 9.17) is 4.74 Å². The van der Waals surface area contributed by atoms with Crippen molar-refractivity contribution in [1.82, 2.24) is 10.3 Å². The predicted octanol–water partition coefficient (Wildman–Crippen LogP) is 3.84. The molecule has 1 aliphatic heterocycles. The van der Waals surface area contributed by atoms with Gasteiger partial charge in [0.1, 0.15) is 11.8 Å². The van der Waals surface area contributed by atoms with Gasteiger partial charge in [-0.15, -0.1) is 0 Å². The van der Waals surface area contributed by atoms with Crippen molar-refractivity contribution in [2.45, 2.75) is 51.2 Å². The Bertz CT molecular complexity index is 921. The Labute approximate surface area is 181 Å². The van der Waals surface area contributed by atoms with Gasteiger partial charge in [0.25, 0.3) is 5.69 Å². The minimum Gasteiger partial charge on any atom is -0.474 e. The number of rotatable bonds is 7. The van der Waals surface area contributed by atoms with Crippen molar-refractivity contribution >= 4 is 17.3 Å². The molecule has 1 saturated carbocycles. The third-order valence-corrected chi connectivity index (χ3v) is 6.17. The molecule has 0 atom stereocenters. The van der Waals surface area contributed by atoms with Crippen molar-refractivity contribution in [3.05, 3.63) is 58.3 Å². The van der Waals surface area contributed by atoms with Crippen LogP contribution in [-0.4, -0.2) is 35.0 Å². The number of anilines is 1. The number of hydrogen-bond donors (Lipinski definition) is 1. The maximum absolute atomic E-state index is 12.7. The number of piperidine rings is 1. The summed E-state index contributed by atoms with van der Waals surface area (Å²) in [5.41, 5.74) is 1.62. The van der Waals surface area contributed by atoms with Gasteiger partial charge >= 0.3 is 0 Å². The summed E-state index contributed by atoms with van der Waals surface area (Å²) < 4.78 is 6.05. The number of pyridine rings is 1. The average Bonchev–Trinajstić information content (AvgIpc) is 3.31. The zero-order chi connectivity index (χ0) is 21.6. The summed E-state index contributed by atoms with van der Waals surface area (Å²) in [6.45, 7) is 1.62. The van der Waals surface area contributed by atoms with Crippen LogP contribution in [0.1, 0.15) is 44.1 Å². The highest BCUT2D eigenvalue weighted by molar-refractivity contribution is 5.79. The van der Waals surface area contributed by atoms with Crippen LogP contribution in [0, 0.1) is 16.0 Å². The van der Waals surface area contributed by atoms with Gasteiger partial charge in [0.2, 0.25) is 11.8 Å². The van der Waals surface area contributed by atoms with Crippen molar-refractivity contribution in [2.75, 3.05) is 18.0 Å². The third-order valence-electron chi connectivity index (χ3n) is 6.17. The van der Waals surface area contributed by atoms with Crippen molar-refractivity contribution < 1.29 is 14.5 Å². The van der Waals surface area contributed by atoms with E-state index in [-0.39, 0.29) is 28.5 Å². The summed E-state index contributed by atoms with van der Waals surface area (Å²) in [6.07, 6.45) is 7.75. The van der Waals surface area contributed by atoms with Gasteiger partial charge in [0.05, 0.1) is 4.92 Å². The number of nitro benzene ring substituents is 1. The molecule has 2 aromatic rings. The standard InChI is InChI=1S/C23H28N4O4/c28-22(25-16-18-6-5-13-24-23(18)31-19-7-1-2-8-19)17-11-14-26(15-12-17)20-9-3-4-10-21(20)27(29)30/h3-6,9-10,13,17,19H,1-2,7-8,11-12,14-16H2,(H,25,28). The maximum atomic E-state index is 12.7. The van der Waals surface area contributed by atoms with Crippen LogP contribution >= 0.6 is 0 Å². The maximum Gasteiger partial charge on any atom is 0.292 e. The lowest BCUT2D eigenvalue weighted by atomic mass is 9.95. The van der Waals surface area contributed by atoms with Crippen molar-refractivity contribution in [3.8, 4) is 5.88 Å². The van der Waals surface area contributed by atoms with Crippen molar-refractivity contribution in [1.29, 1.82) is 0 Å². The van der Waals surface area contributed by atoms with Crippen LogP contribution in [0.5, 0.6) is 5.88 Å². The van der Waals surface area contributed by atoms with Gasteiger partial charge in [-0.25, -0.2) is 4.98 Å². The molecule has 2 aliphatic rings. The number of carbonyl (C=O) groups excluding carboxylic acids is 1. The average molecular weight is 425 g/mol. The number of amides is 1. The summed E-state index contributed by atoms with van der Waals surface area (Å²) in [7, 11) is 0. The number of ether oxygens (including phenoxy) is 1. The fraction of sp³-hybridized carbons (Fsp3) is 0.478. The lowest BCUT2D eigenvalue weighted by molar-refractivity contribution is -0.384.